The predicted octanol–water partition coefficient (Wildman–Crippen LogP) is 5.43. The average molecular weight is 269 g/mol. The summed E-state index contributed by atoms with van der Waals surface area (Å²) in [5.74, 6) is 0. The summed E-state index contributed by atoms with van der Waals surface area (Å²) in [5, 5.41) is 5.26. The third-order valence-electron chi connectivity index (χ3n) is 4.64. The largest absolute Gasteiger partial charge is 0.354 e. The monoisotopic (exact) mass is 269 g/mol. The van der Waals surface area contributed by atoms with Crippen LogP contribution in [0.2, 0.25) is 0 Å². The minimum atomic E-state index is 1.15. The van der Waals surface area contributed by atoms with Crippen LogP contribution < -0.4 is 0 Å². The lowest BCUT2D eigenvalue weighted by atomic mass is 9.95. The molecule has 1 aliphatic carbocycles. The molecule has 0 spiro atoms. The zero-order valence-electron chi connectivity index (χ0n) is 11.7. The van der Waals surface area contributed by atoms with Gasteiger partial charge in [0.2, 0.25) is 0 Å². The third-order valence-corrected chi connectivity index (χ3v) is 4.64. The van der Waals surface area contributed by atoms with Crippen LogP contribution >= 0.6 is 0 Å². The quantitative estimate of drug-likeness (QED) is 0.438. The van der Waals surface area contributed by atoms with E-state index >= 15 is 0 Å². The molecule has 1 heteroatoms. The van der Waals surface area contributed by atoms with E-state index in [1.54, 1.807) is 0 Å². The number of aromatic amines is 1. The Bertz CT molecular complexity index is 1030. The molecule has 0 bridgehead atoms. The SMILES string of the molecule is C1=Cc2cc3c(cc2CC1)[nH]c1c2ccccc2ccc31. The maximum atomic E-state index is 3.65. The fourth-order valence-corrected chi connectivity index (χ4v) is 3.57. The molecule has 100 valence electrons. The maximum Gasteiger partial charge on any atom is 0.0544 e. The first-order valence-electron chi connectivity index (χ1n) is 7.53. The number of H-pyrrole nitrogens is 1. The minimum absolute atomic E-state index is 1.15. The Morgan fingerprint density at radius 2 is 1.81 bits per heavy atom. The number of hydrogen-bond donors (Lipinski definition) is 1. The van der Waals surface area contributed by atoms with Crippen LogP contribution in [0.5, 0.6) is 0 Å². The molecule has 5 rings (SSSR count). The smallest absolute Gasteiger partial charge is 0.0544 e. The van der Waals surface area contributed by atoms with Gasteiger partial charge < -0.3 is 4.98 Å². The summed E-state index contributed by atoms with van der Waals surface area (Å²) in [6.07, 6.45) is 6.84. The van der Waals surface area contributed by atoms with Gasteiger partial charge in [0.15, 0.2) is 0 Å². The molecule has 0 amide bonds. The Morgan fingerprint density at radius 3 is 2.81 bits per heavy atom. The van der Waals surface area contributed by atoms with Crippen molar-refractivity contribution in [2.75, 3.05) is 0 Å². The number of aromatic nitrogens is 1. The van der Waals surface area contributed by atoms with E-state index in [0.29, 0.717) is 0 Å². The molecule has 0 radical (unpaired) electrons. The molecule has 1 nitrogen and oxygen atoms in total. The average Bonchev–Trinajstić information content (AvgIpc) is 2.90. The summed E-state index contributed by atoms with van der Waals surface area (Å²) < 4.78 is 0. The predicted molar refractivity (Wildman–Crippen MR) is 90.7 cm³/mol. The molecule has 0 saturated heterocycles. The van der Waals surface area contributed by atoms with Crippen molar-refractivity contribution < 1.29 is 0 Å². The van der Waals surface area contributed by atoms with E-state index in [1.807, 2.05) is 0 Å². The molecule has 4 aromatic rings. The van der Waals surface area contributed by atoms with Crippen LogP contribution in [0, 0.1) is 0 Å². The second-order valence-electron chi connectivity index (χ2n) is 5.87. The summed E-state index contributed by atoms with van der Waals surface area (Å²) in [6, 6.07) is 17.7. The number of nitrogens with one attached hydrogen (secondary N) is 1. The number of allylic oxidation sites excluding steroid dienone is 1. The summed E-state index contributed by atoms with van der Waals surface area (Å²) in [4.78, 5) is 3.65. The number of aryl methyl sites for hydroxylation is 1. The van der Waals surface area contributed by atoms with Gasteiger partial charge in [-0.3, -0.25) is 0 Å². The van der Waals surface area contributed by atoms with E-state index in [1.165, 1.54) is 43.7 Å². The lowest BCUT2D eigenvalue weighted by molar-refractivity contribution is 0.988. The van der Waals surface area contributed by atoms with Gasteiger partial charge in [0, 0.05) is 21.7 Å². The van der Waals surface area contributed by atoms with E-state index < -0.39 is 0 Å². The highest BCUT2D eigenvalue weighted by molar-refractivity contribution is 6.17. The Kier molecular flexibility index (Phi) is 2.12. The molecule has 0 aliphatic heterocycles. The molecule has 1 N–H and O–H groups in total. The van der Waals surface area contributed by atoms with Crippen molar-refractivity contribution in [2.24, 2.45) is 0 Å². The van der Waals surface area contributed by atoms with Crippen LogP contribution in [0.1, 0.15) is 17.5 Å². The van der Waals surface area contributed by atoms with E-state index in [9.17, 15) is 0 Å². The van der Waals surface area contributed by atoms with Gasteiger partial charge in [0.1, 0.15) is 0 Å². The summed E-state index contributed by atoms with van der Waals surface area (Å²) in [6.45, 7) is 0. The van der Waals surface area contributed by atoms with Crippen LogP contribution in [-0.4, -0.2) is 4.98 Å². The second-order valence-corrected chi connectivity index (χ2v) is 5.87. The molecule has 0 fully saturated rings. The molecule has 3 aromatic carbocycles. The van der Waals surface area contributed by atoms with Crippen molar-refractivity contribution in [1.82, 2.24) is 4.98 Å². The highest BCUT2D eigenvalue weighted by atomic mass is 14.7. The summed E-state index contributed by atoms with van der Waals surface area (Å²) in [5.41, 5.74) is 5.36. The van der Waals surface area contributed by atoms with Crippen molar-refractivity contribution in [3.05, 3.63) is 65.7 Å². The number of rotatable bonds is 0. The van der Waals surface area contributed by atoms with Gasteiger partial charge >= 0.3 is 0 Å². The molecular weight excluding hydrogens is 254 g/mol. The van der Waals surface area contributed by atoms with Gasteiger partial charge in [-0.05, 0) is 41.5 Å². The Hall–Kier alpha value is -2.54. The summed E-state index contributed by atoms with van der Waals surface area (Å²) in [7, 11) is 0. The minimum Gasteiger partial charge on any atom is -0.354 e. The summed E-state index contributed by atoms with van der Waals surface area (Å²) >= 11 is 0. The zero-order chi connectivity index (χ0) is 13.8. The van der Waals surface area contributed by atoms with Gasteiger partial charge in [0.25, 0.3) is 0 Å². The number of fused-ring (bicyclic) bond motifs is 6. The van der Waals surface area contributed by atoms with Gasteiger partial charge in [0.05, 0.1) is 5.52 Å². The van der Waals surface area contributed by atoms with Crippen molar-refractivity contribution in [2.45, 2.75) is 12.8 Å². The van der Waals surface area contributed by atoms with E-state index in [0.717, 1.165) is 12.8 Å². The fourth-order valence-electron chi connectivity index (χ4n) is 3.57. The van der Waals surface area contributed by atoms with E-state index in [-0.39, 0.29) is 0 Å². The first-order chi connectivity index (χ1) is 10.4. The van der Waals surface area contributed by atoms with E-state index in [2.05, 4.69) is 65.7 Å². The highest BCUT2D eigenvalue weighted by Crippen LogP contribution is 2.34. The lowest BCUT2D eigenvalue weighted by Gasteiger charge is -2.10. The second kappa shape index (κ2) is 3.98. The first-order valence-corrected chi connectivity index (χ1v) is 7.53. The van der Waals surface area contributed by atoms with Crippen molar-refractivity contribution >= 4 is 38.7 Å². The van der Waals surface area contributed by atoms with Gasteiger partial charge in [-0.15, -0.1) is 0 Å². The molecule has 1 aromatic heterocycles. The van der Waals surface area contributed by atoms with Gasteiger partial charge in [-0.1, -0.05) is 48.6 Å². The van der Waals surface area contributed by atoms with Crippen LogP contribution in [0.15, 0.2) is 54.6 Å². The van der Waals surface area contributed by atoms with Crippen molar-refractivity contribution in [3.63, 3.8) is 0 Å². The fraction of sp³-hybridized carbons (Fsp3) is 0.100. The van der Waals surface area contributed by atoms with Crippen LogP contribution in [0.4, 0.5) is 0 Å². The zero-order valence-corrected chi connectivity index (χ0v) is 11.7. The number of hydrogen-bond acceptors (Lipinski definition) is 0. The highest BCUT2D eigenvalue weighted by Gasteiger charge is 2.11. The molecule has 0 saturated carbocycles. The lowest BCUT2D eigenvalue weighted by Crippen LogP contribution is -1.93. The van der Waals surface area contributed by atoms with Crippen LogP contribution in [0.25, 0.3) is 38.7 Å². The van der Waals surface area contributed by atoms with Gasteiger partial charge in [-0.25, -0.2) is 0 Å². The van der Waals surface area contributed by atoms with Crippen molar-refractivity contribution in [3.8, 4) is 0 Å². The maximum absolute atomic E-state index is 3.65. The Morgan fingerprint density at radius 1 is 0.857 bits per heavy atom. The standard InChI is InChI=1S/C20H15N/c1-2-7-15-12-19-18(11-14(15)6-1)17-10-9-13-5-3-4-8-16(13)20(17)21-19/h1,3-6,8-12,21H,2,7H2. The third kappa shape index (κ3) is 1.52. The van der Waals surface area contributed by atoms with Crippen LogP contribution in [-0.2, 0) is 6.42 Å². The first kappa shape index (κ1) is 11.2. The molecule has 1 heterocycles. The molecule has 1 aliphatic rings. The molecule has 0 unspecified atom stereocenters. The van der Waals surface area contributed by atoms with Crippen molar-refractivity contribution in [1.29, 1.82) is 0 Å². The molecule has 0 atom stereocenters. The van der Waals surface area contributed by atoms with Crippen LogP contribution in [0.3, 0.4) is 0 Å². The topological polar surface area (TPSA) is 15.8 Å². The Labute approximate surface area is 122 Å². The van der Waals surface area contributed by atoms with E-state index in [4.69, 9.17) is 0 Å². The molecule has 21 heavy (non-hydrogen) atoms. The molecular formula is C20H15N. The number of benzene rings is 3. The van der Waals surface area contributed by atoms with Gasteiger partial charge in [-0.2, -0.15) is 0 Å². The Balaban J connectivity index is 1.97. The normalized spacial score (nSPS) is 14.1.